The molecule has 0 saturated carbocycles. The van der Waals surface area contributed by atoms with E-state index in [1.165, 1.54) is 23.2 Å². The zero-order valence-corrected chi connectivity index (χ0v) is 14.6. The summed E-state index contributed by atoms with van der Waals surface area (Å²) >= 11 is 0. The maximum absolute atomic E-state index is 13.7. The second kappa shape index (κ2) is 7.91. The van der Waals surface area contributed by atoms with Gasteiger partial charge in [-0.3, -0.25) is 14.6 Å². The zero-order valence-electron chi connectivity index (χ0n) is 14.6. The minimum absolute atomic E-state index is 0.00365. The number of amides is 2. The Bertz CT molecular complexity index is 1040. The summed E-state index contributed by atoms with van der Waals surface area (Å²) in [6.07, 6.45) is 1.25. The first kappa shape index (κ1) is 19.1. The molecule has 2 amide bonds. The van der Waals surface area contributed by atoms with Crippen LogP contribution in [0.5, 0.6) is 0 Å². The van der Waals surface area contributed by atoms with Gasteiger partial charge in [-0.15, -0.1) is 0 Å². The monoisotopic (exact) mass is 385 g/mol. The van der Waals surface area contributed by atoms with E-state index in [9.17, 15) is 22.8 Å². The van der Waals surface area contributed by atoms with Crippen molar-refractivity contribution in [3.05, 3.63) is 89.5 Å². The van der Waals surface area contributed by atoms with Gasteiger partial charge in [0.1, 0.15) is 5.69 Å². The summed E-state index contributed by atoms with van der Waals surface area (Å²) in [5.41, 5.74) is 0.108. The van der Waals surface area contributed by atoms with Crippen LogP contribution in [0, 0.1) is 17.5 Å². The number of hydrogen-bond acceptors (Lipinski definition) is 3. The average Bonchev–Trinajstić information content (AvgIpc) is 2.73. The topological polar surface area (TPSA) is 62.3 Å². The maximum Gasteiger partial charge on any atom is 0.276 e. The Morgan fingerprint density at radius 2 is 1.68 bits per heavy atom. The molecule has 3 aromatic rings. The van der Waals surface area contributed by atoms with Crippen LogP contribution in [0.3, 0.4) is 0 Å². The van der Waals surface area contributed by atoms with Crippen molar-refractivity contribution in [3.63, 3.8) is 0 Å². The van der Waals surface area contributed by atoms with Gasteiger partial charge in [0.25, 0.3) is 11.8 Å². The van der Waals surface area contributed by atoms with Gasteiger partial charge in [0.2, 0.25) is 0 Å². The van der Waals surface area contributed by atoms with Crippen LogP contribution < -0.4 is 10.2 Å². The number of pyridine rings is 1. The molecule has 3 rings (SSSR count). The number of anilines is 2. The highest BCUT2D eigenvalue weighted by Gasteiger charge is 2.19. The van der Waals surface area contributed by atoms with Crippen LogP contribution in [0.15, 0.2) is 60.8 Å². The molecular formula is C20H14F3N3O2. The van der Waals surface area contributed by atoms with E-state index >= 15 is 0 Å². The Morgan fingerprint density at radius 1 is 0.964 bits per heavy atom. The summed E-state index contributed by atoms with van der Waals surface area (Å²) in [4.78, 5) is 30.2. The predicted octanol–water partition coefficient (Wildman–Crippen LogP) is 4.03. The van der Waals surface area contributed by atoms with Crippen LogP contribution in [-0.2, 0) is 0 Å². The van der Waals surface area contributed by atoms with Crippen molar-refractivity contribution in [3.8, 4) is 0 Å². The van der Waals surface area contributed by atoms with E-state index in [0.717, 1.165) is 6.07 Å². The zero-order chi connectivity index (χ0) is 20.3. The van der Waals surface area contributed by atoms with E-state index in [2.05, 4.69) is 10.3 Å². The first-order valence-electron chi connectivity index (χ1n) is 8.12. The van der Waals surface area contributed by atoms with Crippen LogP contribution in [0.1, 0.15) is 20.8 Å². The Labute approximate surface area is 158 Å². The van der Waals surface area contributed by atoms with Crippen LogP contribution in [-0.4, -0.2) is 23.8 Å². The first-order chi connectivity index (χ1) is 13.4. The highest BCUT2D eigenvalue weighted by atomic mass is 19.2. The fraction of sp³-hybridized carbons (Fsp3) is 0.0500. The molecule has 1 aromatic heterocycles. The summed E-state index contributed by atoms with van der Waals surface area (Å²) in [6, 6.07) is 13.0. The fourth-order valence-electron chi connectivity index (χ4n) is 2.45. The Hall–Kier alpha value is -3.68. The molecule has 1 N–H and O–H groups in total. The van der Waals surface area contributed by atoms with Gasteiger partial charge in [0.05, 0.1) is 5.69 Å². The first-order valence-corrected chi connectivity index (χ1v) is 8.12. The van der Waals surface area contributed by atoms with Crippen molar-refractivity contribution in [2.75, 3.05) is 17.3 Å². The third-order valence-electron chi connectivity index (χ3n) is 3.97. The number of halogens is 3. The molecule has 8 heteroatoms. The fourth-order valence-corrected chi connectivity index (χ4v) is 2.45. The molecule has 0 aliphatic rings. The third-order valence-corrected chi connectivity index (χ3v) is 3.97. The molecule has 0 atom stereocenters. The van der Waals surface area contributed by atoms with Crippen LogP contribution in [0.2, 0.25) is 0 Å². The second-order valence-corrected chi connectivity index (χ2v) is 5.81. The number of benzene rings is 2. The smallest absolute Gasteiger partial charge is 0.276 e. The second-order valence-electron chi connectivity index (χ2n) is 5.81. The van der Waals surface area contributed by atoms with Gasteiger partial charge in [-0.25, -0.2) is 13.2 Å². The summed E-state index contributed by atoms with van der Waals surface area (Å²) < 4.78 is 40.0. The standard InChI is InChI=1S/C20H14F3N3O2/c1-26(13-5-3-2-4-6-13)20(28)16-11-12(9-10-24-16)19(27)25-15-8-7-14(21)17(22)18(15)23/h2-11H,1H3,(H,25,27). The number of hydrogen-bond donors (Lipinski definition) is 1. The lowest BCUT2D eigenvalue weighted by atomic mass is 10.2. The van der Waals surface area contributed by atoms with E-state index in [0.29, 0.717) is 11.8 Å². The van der Waals surface area contributed by atoms with Crippen LogP contribution in [0.4, 0.5) is 24.5 Å². The average molecular weight is 385 g/mol. The molecule has 2 aromatic carbocycles. The van der Waals surface area contributed by atoms with E-state index in [4.69, 9.17) is 0 Å². The normalized spacial score (nSPS) is 10.4. The highest BCUT2D eigenvalue weighted by Crippen LogP contribution is 2.21. The predicted molar refractivity (Wildman–Crippen MR) is 97.7 cm³/mol. The summed E-state index contributed by atoms with van der Waals surface area (Å²) in [6.45, 7) is 0. The quantitative estimate of drug-likeness (QED) is 0.690. The summed E-state index contributed by atoms with van der Waals surface area (Å²) in [5, 5.41) is 2.15. The van der Waals surface area contributed by atoms with Gasteiger partial charge < -0.3 is 10.2 Å². The van der Waals surface area contributed by atoms with Crippen molar-refractivity contribution >= 4 is 23.2 Å². The van der Waals surface area contributed by atoms with Gasteiger partial charge in [-0.05, 0) is 36.4 Å². The van der Waals surface area contributed by atoms with Crippen LogP contribution in [0.25, 0.3) is 0 Å². The van der Waals surface area contributed by atoms with Crippen molar-refractivity contribution in [1.29, 1.82) is 0 Å². The maximum atomic E-state index is 13.7. The van der Waals surface area contributed by atoms with Crippen LogP contribution >= 0.6 is 0 Å². The van der Waals surface area contributed by atoms with Crippen molar-refractivity contribution < 1.29 is 22.8 Å². The van der Waals surface area contributed by atoms with E-state index in [1.807, 2.05) is 6.07 Å². The lowest BCUT2D eigenvalue weighted by molar-refractivity contribution is 0.0988. The Balaban J connectivity index is 1.82. The summed E-state index contributed by atoms with van der Waals surface area (Å²) in [7, 11) is 1.56. The molecule has 5 nitrogen and oxygen atoms in total. The molecule has 0 aliphatic heterocycles. The molecule has 0 unspecified atom stereocenters. The lowest BCUT2D eigenvalue weighted by Crippen LogP contribution is -2.27. The number of carbonyl (C=O) groups excluding carboxylic acids is 2. The van der Waals surface area contributed by atoms with E-state index in [-0.39, 0.29) is 11.3 Å². The number of nitrogens with one attached hydrogen (secondary N) is 1. The molecule has 1 heterocycles. The minimum Gasteiger partial charge on any atom is -0.319 e. The molecule has 142 valence electrons. The molecular weight excluding hydrogens is 371 g/mol. The molecule has 0 bridgehead atoms. The lowest BCUT2D eigenvalue weighted by Gasteiger charge is -2.17. The van der Waals surface area contributed by atoms with Gasteiger partial charge >= 0.3 is 0 Å². The van der Waals surface area contributed by atoms with Gasteiger partial charge in [0, 0.05) is 24.5 Å². The number of rotatable bonds is 4. The Kier molecular flexibility index (Phi) is 5.39. The highest BCUT2D eigenvalue weighted by molar-refractivity contribution is 6.08. The third kappa shape index (κ3) is 3.85. The SMILES string of the molecule is CN(C(=O)c1cc(C(=O)Nc2ccc(F)c(F)c2F)ccn1)c1ccccc1. The largest absolute Gasteiger partial charge is 0.319 e. The molecule has 0 radical (unpaired) electrons. The van der Waals surface area contributed by atoms with E-state index < -0.39 is 35.0 Å². The molecule has 0 spiro atoms. The Morgan fingerprint density at radius 3 is 2.39 bits per heavy atom. The molecule has 0 aliphatic carbocycles. The number of para-hydroxylation sites is 1. The number of nitrogens with zero attached hydrogens (tertiary/aromatic N) is 2. The number of carbonyl (C=O) groups is 2. The molecule has 0 saturated heterocycles. The molecule has 28 heavy (non-hydrogen) atoms. The van der Waals surface area contributed by atoms with Gasteiger partial charge in [-0.2, -0.15) is 0 Å². The van der Waals surface area contributed by atoms with Crippen molar-refractivity contribution in [2.45, 2.75) is 0 Å². The summed E-state index contributed by atoms with van der Waals surface area (Å²) in [5.74, 6) is -5.82. The van der Waals surface area contributed by atoms with Gasteiger partial charge in [0.15, 0.2) is 17.5 Å². The van der Waals surface area contributed by atoms with E-state index in [1.54, 1.807) is 31.3 Å². The molecule has 0 fully saturated rings. The number of aromatic nitrogens is 1. The van der Waals surface area contributed by atoms with Gasteiger partial charge in [-0.1, -0.05) is 18.2 Å². The van der Waals surface area contributed by atoms with Crippen molar-refractivity contribution in [2.24, 2.45) is 0 Å². The van der Waals surface area contributed by atoms with Crippen molar-refractivity contribution in [1.82, 2.24) is 4.98 Å². The minimum atomic E-state index is -1.69.